The van der Waals surface area contributed by atoms with Crippen LogP contribution in [0.2, 0.25) is 0 Å². The zero-order valence-corrected chi connectivity index (χ0v) is 11.3. The van der Waals surface area contributed by atoms with E-state index in [0.29, 0.717) is 5.92 Å². The lowest BCUT2D eigenvalue weighted by atomic mass is 9.92. The molecule has 1 unspecified atom stereocenters. The third-order valence-electron chi connectivity index (χ3n) is 2.71. The molecule has 1 N–H and O–H groups in total. The monoisotopic (exact) mass is 271 g/mol. The molecule has 1 aliphatic heterocycles. The Kier molecular flexibility index (Phi) is 2.57. The minimum atomic E-state index is 0.0914. The summed E-state index contributed by atoms with van der Waals surface area (Å²) in [6.45, 7) is 10.9. The highest BCUT2D eigenvalue weighted by molar-refractivity contribution is 9.10. The molecule has 1 aromatic heterocycles. The van der Waals surface area contributed by atoms with Gasteiger partial charge in [0.05, 0.1) is 10.2 Å². The second kappa shape index (κ2) is 3.51. The van der Waals surface area contributed by atoms with Crippen LogP contribution in [0.3, 0.4) is 0 Å². The van der Waals surface area contributed by atoms with Crippen LogP contribution in [0.1, 0.15) is 33.4 Å². The van der Waals surface area contributed by atoms with E-state index < -0.39 is 0 Å². The van der Waals surface area contributed by atoms with Gasteiger partial charge in [0.15, 0.2) is 0 Å². The first-order valence-corrected chi connectivity index (χ1v) is 6.19. The molecular weight excluding hydrogens is 254 g/mol. The average molecular weight is 272 g/mol. The summed E-state index contributed by atoms with van der Waals surface area (Å²) in [6, 6.07) is 0. The Labute approximate surface area is 99.4 Å². The van der Waals surface area contributed by atoms with E-state index in [4.69, 9.17) is 0 Å². The van der Waals surface area contributed by atoms with Crippen molar-refractivity contribution < 1.29 is 0 Å². The van der Waals surface area contributed by atoms with E-state index in [1.165, 1.54) is 0 Å². The second-order valence-electron chi connectivity index (χ2n) is 5.43. The lowest BCUT2D eigenvalue weighted by Crippen LogP contribution is -2.25. The molecule has 0 radical (unpaired) electrons. The predicted molar refractivity (Wildman–Crippen MR) is 66.3 cm³/mol. The minimum Gasteiger partial charge on any atom is -0.369 e. The maximum atomic E-state index is 4.68. The van der Waals surface area contributed by atoms with Crippen LogP contribution < -0.4 is 5.32 Å². The highest BCUT2D eigenvalue weighted by atomic mass is 79.9. The smallest absolute Gasteiger partial charge is 0.139 e. The normalized spacial score (nSPS) is 21.0. The fourth-order valence-corrected chi connectivity index (χ4v) is 2.87. The number of halogens is 1. The van der Waals surface area contributed by atoms with Crippen LogP contribution in [0.15, 0.2) is 4.47 Å². The Bertz CT molecular complexity index is 376. The van der Waals surface area contributed by atoms with Crippen LogP contribution >= 0.6 is 15.9 Å². The molecule has 2 rings (SSSR count). The fourth-order valence-electron chi connectivity index (χ4n) is 1.85. The summed E-state index contributed by atoms with van der Waals surface area (Å²) in [5.41, 5.74) is 1.23. The number of nitrogens with zero attached hydrogens (tertiary/aromatic N) is 2. The SMILES string of the molecule is CC1CNc2c(Br)c(C(C)(C)C)nn2C1. The minimum absolute atomic E-state index is 0.0914. The van der Waals surface area contributed by atoms with Crippen molar-refractivity contribution >= 4 is 21.7 Å². The van der Waals surface area contributed by atoms with Gasteiger partial charge in [0.1, 0.15) is 5.82 Å². The summed E-state index contributed by atoms with van der Waals surface area (Å²) in [4.78, 5) is 0. The van der Waals surface area contributed by atoms with Crippen molar-refractivity contribution in [2.24, 2.45) is 5.92 Å². The Balaban J connectivity index is 2.45. The summed E-state index contributed by atoms with van der Waals surface area (Å²) < 4.78 is 3.21. The predicted octanol–water partition coefficient (Wildman–Crippen LogP) is 3.00. The molecule has 15 heavy (non-hydrogen) atoms. The lowest BCUT2D eigenvalue weighted by Gasteiger charge is -2.21. The number of hydrogen-bond acceptors (Lipinski definition) is 2. The first-order chi connectivity index (χ1) is 6.89. The van der Waals surface area contributed by atoms with Crippen LogP contribution in [0.25, 0.3) is 0 Å². The average Bonchev–Trinajstić information content (AvgIpc) is 2.42. The molecular formula is C11H18BrN3. The van der Waals surface area contributed by atoms with Crippen LogP contribution in [0.5, 0.6) is 0 Å². The van der Waals surface area contributed by atoms with E-state index in [2.05, 4.69) is 58.7 Å². The molecule has 3 nitrogen and oxygen atoms in total. The summed E-state index contributed by atoms with van der Waals surface area (Å²) >= 11 is 3.65. The van der Waals surface area contributed by atoms with E-state index >= 15 is 0 Å². The Morgan fingerprint density at radius 3 is 2.73 bits per heavy atom. The van der Waals surface area contributed by atoms with Gasteiger partial charge in [0.25, 0.3) is 0 Å². The van der Waals surface area contributed by atoms with E-state index in [-0.39, 0.29) is 5.41 Å². The Morgan fingerprint density at radius 1 is 1.47 bits per heavy atom. The first kappa shape index (κ1) is 11.0. The van der Waals surface area contributed by atoms with Gasteiger partial charge in [-0.05, 0) is 21.8 Å². The number of aromatic nitrogens is 2. The number of hydrogen-bond donors (Lipinski definition) is 1. The zero-order chi connectivity index (χ0) is 11.2. The van der Waals surface area contributed by atoms with Gasteiger partial charge in [-0.2, -0.15) is 5.10 Å². The largest absolute Gasteiger partial charge is 0.369 e. The van der Waals surface area contributed by atoms with Gasteiger partial charge in [0, 0.05) is 18.5 Å². The van der Waals surface area contributed by atoms with Gasteiger partial charge in [-0.1, -0.05) is 27.7 Å². The van der Waals surface area contributed by atoms with Gasteiger partial charge in [-0.3, -0.25) is 0 Å². The molecule has 0 spiro atoms. The second-order valence-corrected chi connectivity index (χ2v) is 6.22. The molecule has 2 heterocycles. The first-order valence-electron chi connectivity index (χ1n) is 5.40. The van der Waals surface area contributed by atoms with Gasteiger partial charge < -0.3 is 5.32 Å². The van der Waals surface area contributed by atoms with E-state index in [0.717, 1.165) is 29.1 Å². The quantitative estimate of drug-likeness (QED) is 0.786. The molecule has 4 heteroatoms. The van der Waals surface area contributed by atoms with Crippen molar-refractivity contribution in [3.05, 3.63) is 10.2 Å². The highest BCUT2D eigenvalue weighted by Gasteiger charge is 2.27. The van der Waals surface area contributed by atoms with E-state index in [9.17, 15) is 0 Å². The molecule has 84 valence electrons. The van der Waals surface area contributed by atoms with Crippen LogP contribution in [0, 0.1) is 5.92 Å². The molecule has 0 saturated heterocycles. The maximum absolute atomic E-state index is 4.68. The summed E-state index contributed by atoms with van der Waals surface area (Å²) in [5.74, 6) is 1.79. The van der Waals surface area contributed by atoms with Gasteiger partial charge in [-0.25, -0.2) is 4.68 Å². The highest BCUT2D eigenvalue weighted by Crippen LogP contribution is 2.36. The lowest BCUT2D eigenvalue weighted by molar-refractivity contribution is 0.434. The van der Waals surface area contributed by atoms with Crippen LogP contribution in [-0.4, -0.2) is 16.3 Å². The number of fused-ring (bicyclic) bond motifs is 1. The van der Waals surface area contributed by atoms with Crippen molar-refractivity contribution in [1.29, 1.82) is 0 Å². The van der Waals surface area contributed by atoms with Crippen molar-refractivity contribution in [2.45, 2.75) is 39.7 Å². The summed E-state index contributed by atoms with van der Waals surface area (Å²) in [5, 5.41) is 8.11. The van der Waals surface area contributed by atoms with Gasteiger partial charge in [-0.15, -0.1) is 0 Å². The third-order valence-corrected chi connectivity index (χ3v) is 3.46. The van der Waals surface area contributed by atoms with Crippen LogP contribution in [0.4, 0.5) is 5.82 Å². The molecule has 1 aliphatic rings. The summed E-state index contributed by atoms with van der Waals surface area (Å²) in [6.07, 6.45) is 0. The van der Waals surface area contributed by atoms with E-state index in [1.54, 1.807) is 0 Å². The molecule has 0 aliphatic carbocycles. The zero-order valence-electron chi connectivity index (χ0n) is 9.76. The Morgan fingerprint density at radius 2 is 2.13 bits per heavy atom. The van der Waals surface area contributed by atoms with Crippen molar-refractivity contribution in [3.63, 3.8) is 0 Å². The van der Waals surface area contributed by atoms with Crippen molar-refractivity contribution in [3.8, 4) is 0 Å². The molecule has 0 amide bonds. The molecule has 0 fully saturated rings. The van der Waals surface area contributed by atoms with Crippen molar-refractivity contribution in [1.82, 2.24) is 9.78 Å². The molecule has 0 bridgehead atoms. The van der Waals surface area contributed by atoms with Gasteiger partial charge in [0.2, 0.25) is 0 Å². The molecule has 0 aromatic carbocycles. The number of rotatable bonds is 0. The molecule has 1 aromatic rings. The number of anilines is 1. The topological polar surface area (TPSA) is 29.9 Å². The Hall–Kier alpha value is -0.510. The molecule has 1 atom stereocenters. The third kappa shape index (κ3) is 1.92. The summed E-state index contributed by atoms with van der Waals surface area (Å²) in [7, 11) is 0. The standard InChI is InChI=1S/C11H18BrN3/c1-7-5-13-10-8(12)9(11(2,3)4)14-15(10)6-7/h7,13H,5-6H2,1-4H3. The van der Waals surface area contributed by atoms with Gasteiger partial charge >= 0.3 is 0 Å². The van der Waals surface area contributed by atoms with Crippen molar-refractivity contribution in [2.75, 3.05) is 11.9 Å². The molecule has 0 saturated carbocycles. The number of nitrogens with one attached hydrogen (secondary N) is 1. The van der Waals surface area contributed by atoms with Crippen LogP contribution in [-0.2, 0) is 12.0 Å². The van der Waals surface area contributed by atoms with E-state index in [1.807, 2.05) is 0 Å². The fraction of sp³-hybridized carbons (Fsp3) is 0.727. The maximum Gasteiger partial charge on any atom is 0.139 e.